The third kappa shape index (κ3) is 4.19. The molecular formula is C17H16Cl2N2O4S. The summed E-state index contributed by atoms with van der Waals surface area (Å²) < 4.78 is 32.1. The lowest BCUT2D eigenvalue weighted by atomic mass is 10.2. The number of sulfonamides is 1. The van der Waals surface area contributed by atoms with Crippen LogP contribution in [0.2, 0.25) is 10.0 Å². The fourth-order valence-electron chi connectivity index (χ4n) is 2.54. The van der Waals surface area contributed by atoms with Crippen molar-refractivity contribution >= 4 is 44.8 Å². The van der Waals surface area contributed by atoms with Gasteiger partial charge in [0.15, 0.2) is 0 Å². The summed E-state index contributed by atoms with van der Waals surface area (Å²) in [4.78, 5) is 12.3. The maximum atomic E-state index is 12.8. The van der Waals surface area contributed by atoms with E-state index in [1.807, 2.05) is 0 Å². The van der Waals surface area contributed by atoms with Gasteiger partial charge in [-0.3, -0.25) is 4.79 Å². The van der Waals surface area contributed by atoms with E-state index in [0.29, 0.717) is 29.5 Å². The van der Waals surface area contributed by atoms with Crippen molar-refractivity contribution < 1.29 is 17.9 Å². The maximum Gasteiger partial charge on any atom is 0.255 e. The van der Waals surface area contributed by atoms with Crippen LogP contribution in [0.3, 0.4) is 0 Å². The smallest absolute Gasteiger partial charge is 0.255 e. The number of nitrogens with one attached hydrogen (secondary N) is 1. The number of morpholine rings is 1. The zero-order valence-electron chi connectivity index (χ0n) is 13.6. The Morgan fingerprint density at radius 2 is 1.81 bits per heavy atom. The first kappa shape index (κ1) is 19.1. The molecule has 6 nitrogen and oxygen atoms in total. The lowest BCUT2D eigenvalue weighted by Crippen LogP contribution is -2.40. The van der Waals surface area contributed by atoms with Crippen molar-refractivity contribution in [2.45, 2.75) is 4.90 Å². The average molecular weight is 415 g/mol. The summed E-state index contributed by atoms with van der Waals surface area (Å²) in [5.41, 5.74) is 0.691. The summed E-state index contributed by atoms with van der Waals surface area (Å²) in [6.07, 6.45) is 0. The van der Waals surface area contributed by atoms with Gasteiger partial charge in [0.1, 0.15) is 4.90 Å². The van der Waals surface area contributed by atoms with Gasteiger partial charge in [0, 0.05) is 29.4 Å². The first-order chi connectivity index (χ1) is 12.4. The van der Waals surface area contributed by atoms with Crippen LogP contribution in [-0.2, 0) is 14.8 Å². The molecule has 2 aromatic rings. The summed E-state index contributed by atoms with van der Waals surface area (Å²) in [6, 6.07) is 10.8. The number of hydrogen-bond acceptors (Lipinski definition) is 4. The molecule has 0 atom stereocenters. The lowest BCUT2D eigenvalue weighted by molar-refractivity contribution is 0.0730. The normalized spacial score (nSPS) is 15.6. The number of anilines is 1. The molecule has 9 heteroatoms. The molecular weight excluding hydrogens is 399 g/mol. The SMILES string of the molecule is O=C(Nc1ccc(Cl)c(S(=O)(=O)N2CCOCC2)c1)c1cccc(Cl)c1. The highest BCUT2D eigenvalue weighted by Gasteiger charge is 2.28. The number of ether oxygens (including phenoxy) is 1. The molecule has 138 valence electrons. The van der Waals surface area contributed by atoms with Gasteiger partial charge in [-0.25, -0.2) is 8.42 Å². The van der Waals surface area contributed by atoms with E-state index in [2.05, 4.69) is 5.32 Å². The van der Waals surface area contributed by atoms with Gasteiger partial charge >= 0.3 is 0 Å². The summed E-state index contributed by atoms with van der Waals surface area (Å²) in [5.74, 6) is -0.399. The molecule has 1 fully saturated rings. The van der Waals surface area contributed by atoms with E-state index in [9.17, 15) is 13.2 Å². The minimum absolute atomic E-state index is 0.0510. The molecule has 1 aliphatic heterocycles. The Kier molecular flexibility index (Phi) is 5.84. The van der Waals surface area contributed by atoms with Gasteiger partial charge in [0.25, 0.3) is 5.91 Å². The first-order valence-corrected chi connectivity index (χ1v) is 10.0. The van der Waals surface area contributed by atoms with E-state index >= 15 is 0 Å². The molecule has 1 aliphatic rings. The average Bonchev–Trinajstić information content (AvgIpc) is 2.64. The third-order valence-corrected chi connectivity index (χ3v) is 6.48. The number of hydrogen-bond donors (Lipinski definition) is 1. The van der Waals surface area contributed by atoms with E-state index in [4.69, 9.17) is 27.9 Å². The fourth-order valence-corrected chi connectivity index (χ4v) is 4.64. The Balaban J connectivity index is 1.86. The van der Waals surface area contributed by atoms with Gasteiger partial charge in [-0.2, -0.15) is 4.31 Å². The summed E-state index contributed by atoms with van der Waals surface area (Å²) in [6.45, 7) is 1.19. The highest BCUT2D eigenvalue weighted by Crippen LogP contribution is 2.28. The van der Waals surface area contributed by atoms with Gasteiger partial charge in [-0.05, 0) is 36.4 Å². The second-order valence-electron chi connectivity index (χ2n) is 5.63. The van der Waals surface area contributed by atoms with Crippen LogP contribution in [0.5, 0.6) is 0 Å². The molecule has 0 unspecified atom stereocenters. The van der Waals surface area contributed by atoms with Crippen LogP contribution in [0.25, 0.3) is 0 Å². The minimum atomic E-state index is -3.77. The first-order valence-electron chi connectivity index (χ1n) is 7.82. The van der Waals surface area contributed by atoms with Crippen molar-refractivity contribution in [1.29, 1.82) is 0 Å². The highest BCUT2D eigenvalue weighted by molar-refractivity contribution is 7.89. The Morgan fingerprint density at radius 1 is 1.08 bits per heavy atom. The van der Waals surface area contributed by atoms with E-state index in [1.54, 1.807) is 24.3 Å². The molecule has 1 saturated heterocycles. The quantitative estimate of drug-likeness (QED) is 0.832. The van der Waals surface area contributed by atoms with E-state index in [-0.39, 0.29) is 23.0 Å². The molecule has 1 heterocycles. The van der Waals surface area contributed by atoms with Crippen LogP contribution in [0.1, 0.15) is 10.4 Å². The summed E-state index contributed by atoms with van der Waals surface area (Å²) in [5, 5.41) is 3.19. The molecule has 1 amide bonds. The van der Waals surface area contributed by atoms with Crippen molar-refractivity contribution in [2.75, 3.05) is 31.6 Å². The van der Waals surface area contributed by atoms with Gasteiger partial charge < -0.3 is 10.1 Å². The fraction of sp³-hybridized carbons (Fsp3) is 0.235. The second kappa shape index (κ2) is 7.94. The Labute approximate surface area is 161 Å². The maximum absolute atomic E-state index is 12.8. The van der Waals surface area contributed by atoms with Gasteiger partial charge in [-0.1, -0.05) is 29.3 Å². The predicted octanol–water partition coefficient (Wildman–Crippen LogP) is 3.27. The number of halogens is 2. The van der Waals surface area contributed by atoms with Crippen LogP contribution in [-0.4, -0.2) is 44.9 Å². The lowest BCUT2D eigenvalue weighted by Gasteiger charge is -2.26. The van der Waals surface area contributed by atoms with Gasteiger partial charge in [-0.15, -0.1) is 0 Å². The Bertz CT molecular complexity index is 928. The number of benzene rings is 2. The molecule has 1 N–H and O–H groups in total. The molecule has 0 aromatic heterocycles. The monoisotopic (exact) mass is 414 g/mol. The molecule has 2 aromatic carbocycles. The molecule has 0 spiro atoms. The van der Waals surface area contributed by atoms with Crippen molar-refractivity contribution in [3.05, 3.63) is 58.1 Å². The predicted molar refractivity (Wildman–Crippen MR) is 100 cm³/mol. The molecule has 3 rings (SSSR count). The van der Waals surface area contributed by atoms with Crippen molar-refractivity contribution in [1.82, 2.24) is 4.31 Å². The number of carbonyl (C=O) groups excluding carboxylic acids is 1. The van der Waals surface area contributed by atoms with E-state index in [0.717, 1.165) is 0 Å². The van der Waals surface area contributed by atoms with Crippen molar-refractivity contribution in [2.24, 2.45) is 0 Å². The Hall–Kier alpha value is -1.64. The number of nitrogens with zero attached hydrogens (tertiary/aromatic N) is 1. The van der Waals surface area contributed by atoms with Crippen LogP contribution >= 0.6 is 23.2 Å². The summed E-state index contributed by atoms with van der Waals surface area (Å²) >= 11 is 12.0. The van der Waals surface area contributed by atoms with Crippen LogP contribution in [0.15, 0.2) is 47.4 Å². The van der Waals surface area contributed by atoms with Crippen LogP contribution in [0.4, 0.5) is 5.69 Å². The molecule has 0 aliphatic carbocycles. The Morgan fingerprint density at radius 3 is 2.50 bits per heavy atom. The van der Waals surface area contributed by atoms with E-state index in [1.165, 1.54) is 22.5 Å². The third-order valence-electron chi connectivity index (χ3n) is 3.86. The molecule has 0 radical (unpaired) electrons. The summed E-state index contributed by atoms with van der Waals surface area (Å²) in [7, 11) is -3.77. The number of rotatable bonds is 4. The molecule has 26 heavy (non-hydrogen) atoms. The zero-order valence-corrected chi connectivity index (χ0v) is 15.9. The van der Waals surface area contributed by atoms with Crippen LogP contribution < -0.4 is 5.32 Å². The molecule has 0 saturated carbocycles. The number of carbonyl (C=O) groups is 1. The number of amides is 1. The van der Waals surface area contributed by atoms with Gasteiger partial charge in [0.2, 0.25) is 10.0 Å². The van der Waals surface area contributed by atoms with Gasteiger partial charge in [0.05, 0.1) is 18.2 Å². The topological polar surface area (TPSA) is 75.7 Å². The minimum Gasteiger partial charge on any atom is -0.379 e. The zero-order chi connectivity index (χ0) is 18.7. The highest BCUT2D eigenvalue weighted by atomic mass is 35.5. The largest absolute Gasteiger partial charge is 0.379 e. The standard InChI is InChI=1S/C17H16Cl2N2O4S/c18-13-3-1-2-12(10-13)17(22)20-14-4-5-15(19)16(11-14)26(23,24)21-6-8-25-9-7-21/h1-5,10-11H,6-9H2,(H,20,22). The second-order valence-corrected chi connectivity index (χ2v) is 8.38. The van der Waals surface area contributed by atoms with Crippen molar-refractivity contribution in [3.63, 3.8) is 0 Å². The van der Waals surface area contributed by atoms with E-state index < -0.39 is 15.9 Å². The van der Waals surface area contributed by atoms with Crippen molar-refractivity contribution in [3.8, 4) is 0 Å². The van der Waals surface area contributed by atoms with Crippen LogP contribution in [0, 0.1) is 0 Å². The molecule has 0 bridgehead atoms.